The van der Waals surface area contributed by atoms with Gasteiger partial charge in [0.1, 0.15) is 12.1 Å². The molecule has 142 valence electrons. The lowest BCUT2D eigenvalue weighted by atomic mass is 9.87. The van der Waals surface area contributed by atoms with Crippen molar-refractivity contribution >= 4 is 23.5 Å². The van der Waals surface area contributed by atoms with Crippen LogP contribution in [0.15, 0.2) is 30.3 Å². The van der Waals surface area contributed by atoms with Crippen LogP contribution in [-0.4, -0.2) is 39.1 Å². The molecule has 1 aliphatic rings. The van der Waals surface area contributed by atoms with Crippen molar-refractivity contribution in [2.75, 3.05) is 11.9 Å². The lowest BCUT2D eigenvalue weighted by Crippen LogP contribution is -2.44. The first-order chi connectivity index (χ1) is 12.8. The van der Waals surface area contributed by atoms with Crippen LogP contribution in [0.4, 0.5) is 10.5 Å². The van der Waals surface area contributed by atoms with E-state index in [1.165, 1.54) is 0 Å². The zero-order valence-electron chi connectivity index (χ0n) is 15.9. The average Bonchev–Trinajstić information content (AvgIpc) is 3.04. The van der Waals surface area contributed by atoms with Gasteiger partial charge in [-0.05, 0) is 25.8 Å². The number of urea groups is 1. The second-order valence-corrected chi connectivity index (χ2v) is 6.66. The van der Waals surface area contributed by atoms with Gasteiger partial charge in [0, 0.05) is 7.05 Å². The Labute approximate surface area is 157 Å². The Bertz CT molecular complexity index is 906. The molecule has 1 atom stereocenters. The molecule has 2 aromatic rings. The predicted molar refractivity (Wildman–Crippen MR) is 100.0 cm³/mol. The standard InChI is InChI=1S/C19H23N5O3/c1-5-19(14-9-7-6-8-10-14)17(26)24(18(27)21-19)11-15(25)20-16-12(2)22-23(4)13(16)3/h6-10H,5,11H2,1-4H3,(H,20,25)(H,21,27)/t19-/m1/s1. The summed E-state index contributed by atoms with van der Waals surface area (Å²) in [5.74, 6) is -0.867. The second kappa shape index (κ2) is 6.86. The third-order valence-corrected chi connectivity index (χ3v) is 5.05. The molecule has 1 fully saturated rings. The summed E-state index contributed by atoms with van der Waals surface area (Å²) in [6.45, 7) is 5.10. The van der Waals surface area contributed by atoms with Crippen molar-refractivity contribution in [3.63, 3.8) is 0 Å². The number of anilines is 1. The minimum absolute atomic E-state index is 0.354. The molecule has 1 saturated heterocycles. The molecule has 0 radical (unpaired) electrons. The summed E-state index contributed by atoms with van der Waals surface area (Å²) in [5, 5.41) is 9.77. The SMILES string of the molecule is CC[C@]1(c2ccccc2)NC(=O)N(CC(=O)Nc2c(C)nn(C)c2C)C1=O. The molecule has 1 aliphatic heterocycles. The third-order valence-electron chi connectivity index (χ3n) is 5.05. The quantitative estimate of drug-likeness (QED) is 0.786. The minimum atomic E-state index is -1.14. The number of rotatable bonds is 5. The highest BCUT2D eigenvalue weighted by Crippen LogP contribution is 2.32. The fraction of sp³-hybridized carbons (Fsp3) is 0.368. The molecule has 1 aromatic carbocycles. The fourth-order valence-corrected chi connectivity index (χ4v) is 3.41. The molecule has 3 rings (SSSR count). The van der Waals surface area contributed by atoms with Gasteiger partial charge in [-0.2, -0.15) is 5.10 Å². The van der Waals surface area contributed by atoms with Gasteiger partial charge in [0.2, 0.25) is 5.91 Å². The highest BCUT2D eigenvalue weighted by molar-refractivity contribution is 6.10. The van der Waals surface area contributed by atoms with Crippen LogP contribution in [-0.2, 0) is 22.2 Å². The Kier molecular flexibility index (Phi) is 4.73. The Morgan fingerprint density at radius 1 is 1.22 bits per heavy atom. The number of hydrogen-bond acceptors (Lipinski definition) is 4. The molecule has 8 nitrogen and oxygen atoms in total. The van der Waals surface area contributed by atoms with E-state index >= 15 is 0 Å². The molecule has 0 bridgehead atoms. The van der Waals surface area contributed by atoms with Crippen molar-refractivity contribution in [1.29, 1.82) is 0 Å². The molecule has 0 unspecified atom stereocenters. The minimum Gasteiger partial charge on any atom is -0.321 e. The molecule has 0 spiro atoms. The summed E-state index contributed by atoms with van der Waals surface area (Å²) < 4.78 is 1.66. The van der Waals surface area contributed by atoms with Gasteiger partial charge in [0.05, 0.1) is 17.1 Å². The zero-order valence-corrected chi connectivity index (χ0v) is 15.9. The molecule has 8 heteroatoms. The Morgan fingerprint density at radius 3 is 2.44 bits per heavy atom. The van der Waals surface area contributed by atoms with Gasteiger partial charge in [-0.25, -0.2) is 4.79 Å². The first-order valence-electron chi connectivity index (χ1n) is 8.80. The topological polar surface area (TPSA) is 96.3 Å². The van der Waals surface area contributed by atoms with Crippen LogP contribution in [0, 0.1) is 13.8 Å². The fourth-order valence-electron chi connectivity index (χ4n) is 3.41. The van der Waals surface area contributed by atoms with E-state index in [0.717, 1.165) is 10.6 Å². The predicted octanol–water partition coefficient (Wildman–Crippen LogP) is 1.83. The van der Waals surface area contributed by atoms with E-state index in [2.05, 4.69) is 15.7 Å². The number of nitrogens with zero attached hydrogens (tertiary/aromatic N) is 3. The van der Waals surface area contributed by atoms with Crippen molar-refractivity contribution in [3.05, 3.63) is 47.3 Å². The number of hydrogen-bond donors (Lipinski definition) is 2. The number of imide groups is 1. The Hall–Kier alpha value is -3.16. The highest BCUT2D eigenvalue weighted by atomic mass is 16.2. The molecule has 2 N–H and O–H groups in total. The lowest BCUT2D eigenvalue weighted by molar-refractivity contribution is -0.134. The van der Waals surface area contributed by atoms with Crippen LogP contribution in [0.3, 0.4) is 0 Å². The van der Waals surface area contributed by atoms with Crippen LogP contribution in [0.5, 0.6) is 0 Å². The molecule has 0 aliphatic carbocycles. The summed E-state index contributed by atoms with van der Waals surface area (Å²) in [7, 11) is 1.78. The summed E-state index contributed by atoms with van der Waals surface area (Å²) in [5.41, 5.74) is 1.63. The average molecular weight is 369 g/mol. The van der Waals surface area contributed by atoms with Gasteiger partial charge < -0.3 is 10.6 Å². The van der Waals surface area contributed by atoms with E-state index in [0.29, 0.717) is 23.4 Å². The van der Waals surface area contributed by atoms with Crippen molar-refractivity contribution in [2.24, 2.45) is 7.05 Å². The third kappa shape index (κ3) is 3.07. The van der Waals surface area contributed by atoms with Crippen molar-refractivity contribution in [2.45, 2.75) is 32.7 Å². The monoisotopic (exact) mass is 369 g/mol. The summed E-state index contributed by atoms with van der Waals surface area (Å²) in [4.78, 5) is 38.9. The van der Waals surface area contributed by atoms with Gasteiger partial charge >= 0.3 is 6.03 Å². The molecule has 0 saturated carbocycles. The van der Waals surface area contributed by atoms with Gasteiger partial charge in [-0.3, -0.25) is 19.2 Å². The van der Waals surface area contributed by atoms with Crippen LogP contribution < -0.4 is 10.6 Å². The summed E-state index contributed by atoms with van der Waals surface area (Å²) in [6, 6.07) is 8.50. The lowest BCUT2D eigenvalue weighted by Gasteiger charge is -2.25. The Morgan fingerprint density at radius 2 is 1.89 bits per heavy atom. The van der Waals surface area contributed by atoms with E-state index in [9.17, 15) is 14.4 Å². The number of aryl methyl sites for hydroxylation is 2. The number of nitrogens with one attached hydrogen (secondary N) is 2. The summed E-state index contributed by atoms with van der Waals surface area (Å²) in [6.07, 6.45) is 0.389. The number of carbonyl (C=O) groups is 3. The smallest absolute Gasteiger partial charge is 0.321 e. The molecule has 27 heavy (non-hydrogen) atoms. The zero-order chi connectivity index (χ0) is 19.8. The van der Waals surface area contributed by atoms with E-state index in [-0.39, 0.29) is 6.54 Å². The van der Waals surface area contributed by atoms with Gasteiger partial charge in [0.15, 0.2) is 0 Å². The van der Waals surface area contributed by atoms with E-state index in [1.807, 2.05) is 32.0 Å². The molecular formula is C19H23N5O3. The normalized spacial score (nSPS) is 19.3. The van der Waals surface area contributed by atoms with Crippen LogP contribution in [0.1, 0.15) is 30.3 Å². The molecule has 4 amide bonds. The highest BCUT2D eigenvalue weighted by Gasteiger charge is 2.51. The van der Waals surface area contributed by atoms with Crippen molar-refractivity contribution < 1.29 is 14.4 Å². The van der Waals surface area contributed by atoms with Crippen LogP contribution >= 0.6 is 0 Å². The number of aromatic nitrogens is 2. The number of carbonyl (C=O) groups excluding carboxylic acids is 3. The number of amides is 4. The van der Waals surface area contributed by atoms with E-state index < -0.39 is 23.4 Å². The van der Waals surface area contributed by atoms with E-state index in [1.54, 1.807) is 30.8 Å². The van der Waals surface area contributed by atoms with Crippen LogP contribution in [0.2, 0.25) is 0 Å². The molecular weight excluding hydrogens is 346 g/mol. The Balaban J connectivity index is 1.80. The van der Waals surface area contributed by atoms with Gasteiger partial charge in [0.25, 0.3) is 5.91 Å². The van der Waals surface area contributed by atoms with Gasteiger partial charge in [-0.15, -0.1) is 0 Å². The van der Waals surface area contributed by atoms with Crippen LogP contribution in [0.25, 0.3) is 0 Å². The molecule has 1 aromatic heterocycles. The molecule has 2 heterocycles. The summed E-state index contributed by atoms with van der Waals surface area (Å²) >= 11 is 0. The maximum Gasteiger partial charge on any atom is 0.325 e. The number of benzene rings is 1. The van der Waals surface area contributed by atoms with Crippen molar-refractivity contribution in [1.82, 2.24) is 20.0 Å². The second-order valence-electron chi connectivity index (χ2n) is 6.66. The largest absolute Gasteiger partial charge is 0.325 e. The van der Waals surface area contributed by atoms with Crippen molar-refractivity contribution in [3.8, 4) is 0 Å². The maximum absolute atomic E-state index is 13.0. The first-order valence-corrected chi connectivity index (χ1v) is 8.80. The first kappa shape index (κ1) is 18.6. The van der Waals surface area contributed by atoms with Gasteiger partial charge in [-0.1, -0.05) is 37.3 Å². The maximum atomic E-state index is 13.0. The van der Waals surface area contributed by atoms with E-state index in [4.69, 9.17) is 0 Å².